The first-order chi connectivity index (χ1) is 15.3. The molecule has 0 N–H and O–H groups in total. The maximum Gasteiger partial charge on any atom is 0.216 e. The number of hydrogen-bond donors (Lipinski definition) is 0. The summed E-state index contributed by atoms with van der Waals surface area (Å²) >= 11 is 0. The SMILES string of the molecule is CN1CCCc2cccc(c2)-c2cccc(c2)CCC(N2CCOCC2)c2ncc1o2. The summed E-state index contributed by atoms with van der Waals surface area (Å²) in [7, 11) is 2.10. The molecule has 5 heteroatoms. The van der Waals surface area contributed by atoms with Crippen molar-refractivity contribution in [1.29, 1.82) is 0 Å². The van der Waals surface area contributed by atoms with Gasteiger partial charge in [0.2, 0.25) is 11.8 Å². The fourth-order valence-corrected chi connectivity index (χ4v) is 4.71. The average molecular weight is 418 g/mol. The summed E-state index contributed by atoms with van der Waals surface area (Å²) in [6.45, 7) is 4.33. The maximum absolute atomic E-state index is 6.29. The van der Waals surface area contributed by atoms with Crippen LogP contribution in [0.25, 0.3) is 11.1 Å². The van der Waals surface area contributed by atoms with Crippen LogP contribution in [0.5, 0.6) is 0 Å². The van der Waals surface area contributed by atoms with Crippen LogP contribution in [0.1, 0.15) is 35.9 Å². The zero-order valence-corrected chi connectivity index (χ0v) is 18.3. The molecule has 0 amide bonds. The molecule has 0 spiro atoms. The minimum atomic E-state index is 0.172. The lowest BCUT2D eigenvalue weighted by Crippen LogP contribution is -2.39. The lowest BCUT2D eigenvalue weighted by atomic mass is 9.97. The van der Waals surface area contributed by atoms with Crippen LogP contribution in [0.3, 0.4) is 0 Å². The molecule has 5 rings (SSSR count). The monoisotopic (exact) mass is 417 g/mol. The Morgan fingerprint density at radius 1 is 0.903 bits per heavy atom. The highest BCUT2D eigenvalue weighted by molar-refractivity contribution is 5.65. The molecule has 3 aromatic rings. The van der Waals surface area contributed by atoms with E-state index in [2.05, 4.69) is 65.4 Å². The number of nitrogens with zero attached hydrogens (tertiary/aromatic N) is 3. The number of fused-ring (bicyclic) bond motifs is 7. The van der Waals surface area contributed by atoms with Crippen LogP contribution >= 0.6 is 0 Å². The first-order valence-electron chi connectivity index (χ1n) is 11.4. The van der Waals surface area contributed by atoms with Crippen molar-refractivity contribution in [3.63, 3.8) is 0 Å². The zero-order chi connectivity index (χ0) is 21.0. The zero-order valence-electron chi connectivity index (χ0n) is 18.3. The van der Waals surface area contributed by atoms with Gasteiger partial charge in [-0.1, -0.05) is 48.5 Å². The molecule has 0 aliphatic carbocycles. The molecule has 1 fully saturated rings. The number of hydrogen-bond acceptors (Lipinski definition) is 5. The van der Waals surface area contributed by atoms with Gasteiger partial charge >= 0.3 is 0 Å². The number of anilines is 1. The van der Waals surface area contributed by atoms with Crippen molar-refractivity contribution in [3.8, 4) is 11.1 Å². The molecule has 2 aromatic carbocycles. The van der Waals surface area contributed by atoms with E-state index in [4.69, 9.17) is 14.1 Å². The second-order valence-electron chi connectivity index (χ2n) is 8.67. The summed E-state index contributed by atoms with van der Waals surface area (Å²) < 4.78 is 11.9. The Bertz CT molecular complexity index is 1010. The molecule has 0 saturated carbocycles. The van der Waals surface area contributed by atoms with Crippen LogP contribution in [0.15, 0.2) is 59.1 Å². The van der Waals surface area contributed by atoms with Crippen molar-refractivity contribution in [2.75, 3.05) is 44.8 Å². The number of benzene rings is 2. The first-order valence-corrected chi connectivity index (χ1v) is 11.4. The van der Waals surface area contributed by atoms with Crippen LogP contribution in [-0.2, 0) is 17.6 Å². The summed E-state index contributed by atoms with van der Waals surface area (Å²) in [6.07, 6.45) is 5.98. The van der Waals surface area contributed by atoms with E-state index in [-0.39, 0.29) is 6.04 Å². The summed E-state index contributed by atoms with van der Waals surface area (Å²) in [5.41, 5.74) is 5.34. The highest BCUT2D eigenvalue weighted by Gasteiger charge is 2.27. The smallest absolute Gasteiger partial charge is 0.216 e. The van der Waals surface area contributed by atoms with E-state index in [0.29, 0.717) is 0 Å². The third-order valence-electron chi connectivity index (χ3n) is 6.51. The molecule has 1 saturated heterocycles. The van der Waals surface area contributed by atoms with Crippen molar-refractivity contribution in [3.05, 3.63) is 71.7 Å². The Labute approximate surface area is 184 Å². The summed E-state index contributed by atoms with van der Waals surface area (Å²) in [6, 6.07) is 18.1. The van der Waals surface area contributed by atoms with Crippen molar-refractivity contribution in [2.45, 2.75) is 31.7 Å². The predicted octanol–water partition coefficient (Wildman–Crippen LogP) is 4.73. The van der Waals surface area contributed by atoms with Gasteiger partial charge in [-0.25, -0.2) is 4.98 Å². The predicted molar refractivity (Wildman–Crippen MR) is 123 cm³/mol. The summed E-state index contributed by atoms with van der Waals surface area (Å²) in [4.78, 5) is 9.37. The Hall–Kier alpha value is -2.63. The van der Waals surface area contributed by atoms with Gasteiger partial charge in [0.15, 0.2) is 0 Å². The number of rotatable bonds is 1. The van der Waals surface area contributed by atoms with Crippen LogP contribution < -0.4 is 4.90 Å². The maximum atomic E-state index is 6.29. The Morgan fingerprint density at radius 3 is 2.35 bits per heavy atom. The normalized spacial score (nSPS) is 20.5. The van der Waals surface area contributed by atoms with Gasteiger partial charge in [0.25, 0.3) is 0 Å². The number of morpholine rings is 1. The minimum Gasteiger partial charge on any atom is -0.423 e. The van der Waals surface area contributed by atoms with Gasteiger partial charge in [-0.15, -0.1) is 0 Å². The van der Waals surface area contributed by atoms with E-state index in [9.17, 15) is 0 Å². The van der Waals surface area contributed by atoms with E-state index < -0.39 is 0 Å². The Balaban J connectivity index is 1.49. The topological polar surface area (TPSA) is 41.7 Å². The second kappa shape index (κ2) is 9.25. The number of oxazole rings is 1. The molecule has 0 radical (unpaired) electrons. The van der Waals surface area contributed by atoms with Gasteiger partial charge in [-0.05, 0) is 47.9 Å². The molecule has 1 atom stereocenters. The van der Waals surface area contributed by atoms with Crippen molar-refractivity contribution in [2.24, 2.45) is 0 Å². The highest BCUT2D eigenvalue weighted by atomic mass is 16.5. The van der Waals surface area contributed by atoms with Gasteiger partial charge in [0, 0.05) is 26.7 Å². The molecule has 31 heavy (non-hydrogen) atoms. The lowest BCUT2D eigenvalue weighted by Gasteiger charge is -2.32. The van der Waals surface area contributed by atoms with Crippen LogP contribution in [0.2, 0.25) is 0 Å². The van der Waals surface area contributed by atoms with Gasteiger partial charge in [-0.3, -0.25) is 4.90 Å². The van der Waals surface area contributed by atoms with E-state index >= 15 is 0 Å². The molecule has 2 aliphatic rings. The lowest BCUT2D eigenvalue weighted by molar-refractivity contribution is 0.00850. The molecular weight excluding hydrogens is 386 g/mol. The third kappa shape index (κ3) is 4.68. The van der Waals surface area contributed by atoms with Crippen LogP contribution in [0, 0.1) is 0 Å². The van der Waals surface area contributed by atoms with Gasteiger partial charge in [-0.2, -0.15) is 0 Å². The third-order valence-corrected chi connectivity index (χ3v) is 6.51. The van der Waals surface area contributed by atoms with Gasteiger partial charge in [0.05, 0.1) is 25.5 Å². The van der Waals surface area contributed by atoms with Gasteiger partial charge in [0.1, 0.15) is 0 Å². The van der Waals surface area contributed by atoms with Crippen LogP contribution in [-0.4, -0.2) is 49.8 Å². The van der Waals surface area contributed by atoms with E-state index in [1.54, 1.807) is 0 Å². The highest BCUT2D eigenvalue weighted by Crippen LogP contribution is 2.30. The summed E-state index contributed by atoms with van der Waals surface area (Å²) in [5, 5.41) is 0. The Kier molecular flexibility index (Phi) is 6.05. The molecule has 1 unspecified atom stereocenters. The Morgan fingerprint density at radius 2 is 1.61 bits per heavy atom. The number of aromatic nitrogens is 1. The fraction of sp³-hybridized carbons (Fsp3) is 0.423. The van der Waals surface area contributed by atoms with E-state index in [0.717, 1.165) is 70.3 Å². The van der Waals surface area contributed by atoms with Gasteiger partial charge < -0.3 is 14.1 Å². The molecule has 162 valence electrons. The standard InChI is InChI=1S/C26H31N3O2/c1-28-12-4-7-20-5-2-8-22(17-20)23-9-3-6-21(18-23)10-11-24(26-27-19-25(28)31-26)29-13-15-30-16-14-29/h2-3,5-6,8-9,17-19,24H,4,7,10-16H2,1H3. The summed E-state index contributed by atoms with van der Waals surface area (Å²) in [5.74, 6) is 1.69. The minimum absolute atomic E-state index is 0.172. The van der Waals surface area contributed by atoms with Crippen molar-refractivity contribution in [1.82, 2.24) is 9.88 Å². The molecule has 3 heterocycles. The fourth-order valence-electron chi connectivity index (χ4n) is 4.71. The van der Waals surface area contributed by atoms with Crippen LogP contribution in [0.4, 0.5) is 5.88 Å². The first kappa shape index (κ1) is 20.3. The largest absolute Gasteiger partial charge is 0.423 e. The molecular formula is C26H31N3O2. The number of ether oxygens (including phenoxy) is 1. The van der Waals surface area contributed by atoms with Crippen molar-refractivity contribution >= 4 is 5.88 Å². The molecule has 6 bridgehead atoms. The van der Waals surface area contributed by atoms with E-state index in [1.165, 1.54) is 22.3 Å². The number of aryl methyl sites for hydroxylation is 2. The molecule has 2 aliphatic heterocycles. The molecule has 1 aromatic heterocycles. The second-order valence-corrected chi connectivity index (χ2v) is 8.67. The van der Waals surface area contributed by atoms with E-state index in [1.807, 2.05) is 6.20 Å². The molecule has 5 nitrogen and oxygen atoms in total. The average Bonchev–Trinajstić information content (AvgIpc) is 3.30. The quantitative estimate of drug-likeness (QED) is 0.573. The van der Waals surface area contributed by atoms with Crippen molar-refractivity contribution < 1.29 is 9.15 Å².